The van der Waals surface area contributed by atoms with Gasteiger partial charge in [-0.1, -0.05) is 18.5 Å². The number of halogens is 1. The highest BCUT2D eigenvalue weighted by molar-refractivity contribution is 6.35. The summed E-state index contributed by atoms with van der Waals surface area (Å²) in [4.78, 5) is 33.8. The van der Waals surface area contributed by atoms with Gasteiger partial charge in [-0.25, -0.2) is 10.2 Å². The van der Waals surface area contributed by atoms with Gasteiger partial charge in [0.25, 0.3) is 0 Å². The van der Waals surface area contributed by atoms with Gasteiger partial charge in [0.1, 0.15) is 0 Å². The van der Waals surface area contributed by atoms with E-state index in [1.807, 2.05) is 6.92 Å². The zero-order valence-electron chi connectivity index (χ0n) is 14.5. The van der Waals surface area contributed by atoms with Crippen LogP contribution in [-0.4, -0.2) is 48.9 Å². The number of hydrazone groups is 1. The quantitative estimate of drug-likeness (QED) is 0.350. The molecule has 1 aromatic rings. The van der Waals surface area contributed by atoms with Gasteiger partial charge in [-0.05, 0) is 31.0 Å². The van der Waals surface area contributed by atoms with Crippen molar-refractivity contribution in [3.8, 4) is 11.5 Å². The number of benzene rings is 1. The lowest BCUT2D eigenvalue weighted by atomic mass is 10.2. The molecule has 1 atom stereocenters. The second-order valence-electron chi connectivity index (χ2n) is 5.20. The Kier molecular flexibility index (Phi) is 8.36. The van der Waals surface area contributed by atoms with Gasteiger partial charge in [-0.3, -0.25) is 9.59 Å². The number of hydrogen-bond acceptors (Lipinski definition) is 6. The van der Waals surface area contributed by atoms with Crippen molar-refractivity contribution in [3.63, 3.8) is 0 Å². The first kappa shape index (κ1) is 21.2. The third-order valence-corrected chi connectivity index (χ3v) is 3.45. The van der Waals surface area contributed by atoms with Gasteiger partial charge in [0.05, 0.1) is 18.3 Å². The van der Waals surface area contributed by atoms with Crippen LogP contribution in [0.5, 0.6) is 11.5 Å². The highest BCUT2D eigenvalue weighted by Crippen LogP contribution is 2.35. The summed E-state index contributed by atoms with van der Waals surface area (Å²) in [5.74, 6) is -2.58. The van der Waals surface area contributed by atoms with Crippen molar-refractivity contribution in [2.45, 2.75) is 26.3 Å². The summed E-state index contributed by atoms with van der Waals surface area (Å²) in [6.07, 6.45) is 1.95. The molecule has 0 radical (unpaired) electrons. The van der Waals surface area contributed by atoms with Crippen LogP contribution in [-0.2, 0) is 14.4 Å². The van der Waals surface area contributed by atoms with E-state index in [0.717, 1.165) is 0 Å². The number of amides is 2. The minimum absolute atomic E-state index is 0.0747. The molecule has 0 spiro atoms. The van der Waals surface area contributed by atoms with Crippen molar-refractivity contribution in [2.24, 2.45) is 5.10 Å². The van der Waals surface area contributed by atoms with E-state index >= 15 is 0 Å². The molecule has 3 N–H and O–H groups in total. The van der Waals surface area contributed by atoms with E-state index in [0.29, 0.717) is 12.0 Å². The van der Waals surface area contributed by atoms with E-state index in [1.165, 1.54) is 25.5 Å². The molecule has 0 fully saturated rings. The van der Waals surface area contributed by atoms with Crippen LogP contribution in [0.15, 0.2) is 17.2 Å². The van der Waals surface area contributed by atoms with Gasteiger partial charge in [-0.2, -0.15) is 5.10 Å². The number of carbonyl (C=O) groups is 3. The average molecular weight is 386 g/mol. The third-order valence-electron chi connectivity index (χ3n) is 3.17. The van der Waals surface area contributed by atoms with Gasteiger partial charge in [0.2, 0.25) is 0 Å². The summed E-state index contributed by atoms with van der Waals surface area (Å²) in [6, 6.07) is 2.80. The van der Waals surface area contributed by atoms with Crippen LogP contribution in [0.3, 0.4) is 0 Å². The predicted octanol–water partition coefficient (Wildman–Crippen LogP) is 1.18. The number of hydrogen-bond donors (Lipinski definition) is 3. The molecule has 142 valence electrons. The lowest BCUT2D eigenvalue weighted by molar-refractivity contribution is -0.139. The smallest absolute Gasteiger partial charge is 0.341 e. The highest BCUT2D eigenvalue weighted by atomic mass is 35.5. The molecule has 0 bridgehead atoms. The molecule has 1 aromatic carbocycles. The maximum Gasteiger partial charge on any atom is 0.341 e. The van der Waals surface area contributed by atoms with Crippen molar-refractivity contribution in [1.82, 2.24) is 10.7 Å². The monoisotopic (exact) mass is 385 g/mol. The summed E-state index contributed by atoms with van der Waals surface area (Å²) in [5.41, 5.74) is 2.54. The maximum atomic E-state index is 11.6. The van der Waals surface area contributed by atoms with Crippen molar-refractivity contribution in [1.29, 1.82) is 0 Å². The van der Waals surface area contributed by atoms with E-state index in [1.54, 1.807) is 6.92 Å². The van der Waals surface area contributed by atoms with E-state index in [4.69, 9.17) is 26.2 Å². The average Bonchev–Trinajstić information content (AvgIpc) is 2.59. The first-order valence-corrected chi connectivity index (χ1v) is 8.02. The Morgan fingerprint density at radius 2 is 2.04 bits per heavy atom. The van der Waals surface area contributed by atoms with E-state index in [9.17, 15) is 14.4 Å². The summed E-state index contributed by atoms with van der Waals surface area (Å²) in [7, 11) is 1.36. The minimum Gasteiger partial charge on any atom is -0.493 e. The fourth-order valence-electron chi connectivity index (χ4n) is 1.70. The highest BCUT2D eigenvalue weighted by Gasteiger charge is 2.15. The molecule has 0 aromatic heterocycles. The van der Waals surface area contributed by atoms with Gasteiger partial charge < -0.3 is 19.9 Å². The van der Waals surface area contributed by atoms with Crippen LogP contribution in [0, 0.1) is 0 Å². The number of carboxylic acid groups (broad SMARTS) is 1. The molecule has 0 saturated carbocycles. The molecular weight excluding hydrogens is 366 g/mol. The summed E-state index contributed by atoms with van der Waals surface area (Å²) < 4.78 is 10.2. The molecular formula is C16H20ClN3O6. The van der Waals surface area contributed by atoms with Crippen LogP contribution < -0.4 is 20.2 Å². The molecule has 0 aliphatic carbocycles. The van der Waals surface area contributed by atoms with Crippen LogP contribution in [0.25, 0.3) is 0 Å². The van der Waals surface area contributed by atoms with Gasteiger partial charge in [-0.15, -0.1) is 0 Å². The number of aliphatic carboxylic acids is 1. The minimum atomic E-state index is -1.16. The third kappa shape index (κ3) is 6.60. The fraction of sp³-hybridized carbons (Fsp3) is 0.375. The molecule has 0 heterocycles. The number of rotatable bonds is 8. The number of ether oxygens (including phenoxy) is 2. The zero-order chi connectivity index (χ0) is 19.7. The molecule has 9 nitrogen and oxygen atoms in total. The Hall–Kier alpha value is -2.81. The Morgan fingerprint density at radius 1 is 1.35 bits per heavy atom. The van der Waals surface area contributed by atoms with Gasteiger partial charge in [0.15, 0.2) is 18.1 Å². The van der Waals surface area contributed by atoms with E-state index in [-0.39, 0.29) is 22.6 Å². The second kappa shape index (κ2) is 10.2. The van der Waals surface area contributed by atoms with E-state index < -0.39 is 24.4 Å². The summed E-state index contributed by atoms with van der Waals surface area (Å²) in [6.45, 7) is 3.07. The molecule has 2 amide bonds. The topological polar surface area (TPSA) is 126 Å². The Morgan fingerprint density at radius 3 is 2.62 bits per heavy atom. The van der Waals surface area contributed by atoms with Crippen molar-refractivity contribution in [3.05, 3.63) is 22.7 Å². The summed E-state index contributed by atoms with van der Waals surface area (Å²) in [5, 5.41) is 15.0. The largest absolute Gasteiger partial charge is 0.493 e. The molecule has 0 saturated heterocycles. The summed E-state index contributed by atoms with van der Waals surface area (Å²) >= 11 is 6.05. The Balaban J connectivity index is 2.79. The maximum absolute atomic E-state index is 11.6. The van der Waals surface area contributed by atoms with Crippen LogP contribution in [0.4, 0.5) is 0 Å². The molecule has 0 aliphatic rings. The molecule has 26 heavy (non-hydrogen) atoms. The second-order valence-corrected chi connectivity index (χ2v) is 5.61. The zero-order valence-corrected chi connectivity index (χ0v) is 15.3. The number of methoxy groups -OCH3 is 1. The number of nitrogens with one attached hydrogen (secondary N) is 2. The van der Waals surface area contributed by atoms with Crippen LogP contribution >= 0.6 is 11.6 Å². The normalized spacial score (nSPS) is 11.7. The Labute approximate surface area is 155 Å². The van der Waals surface area contributed by atoms with Crippen molar-refractivity contribution < 1.29 is 29.0 Å². The van der Waals surface area contributed by atoms with Crippen molar-refractivity contribution in [2.75, 3.05) is 13.7 Å². The standard InChI is InChI=1S/C16H20ClN3O6/c1-4-9(2)19-15(23)16(24)20-18-7-10-5-11(17)14(12(6-10)25-3)26-8-13(21)22/h5-7,9H,4,8H2,1-3H3,(H,19,23)(H,20,24)(H,21,22)/b18-7-/t9-/m1/s1. The van der Waals surface area contributed by atoms with Crippen LogP contribution in [0.1, 0.15) is 25.8 Å². The van der Waals surface area contributed by atoms with Crippen molar-refractivity contribution >= 4 is 35.6 Å². The number of carboxylic acids is 1. The lowest BCUT2D eigenvalue weighted by Gasteiger charge is -2.12. The first-order chi connectivity index (χ1) is 12.3. The number of nitrogens with zero attached hydrogens (tertiary/aromatic N) is 1. The molecule has 10 heteroatoms. The van der Waals surface area contributed by atoms with Gasteiger partial charge >= 0.3 is 17.8 Å². The fourth-order valence-corrected chi connectivity index (χ4v) is 1.97. The SMILES string of the molecule is CC[C@@H](C)NC(=O)C(=O)N/N=C\c1cc(Cl)c(OCC(=O)O)c(OC)c1. The molecule has 0 aliphatic heterocycles. The lowest BCUT2D eigenvalue weighted by Crippen LogP contribution is -2.41. The Bertz CT molecular complexity index is 707. The van der Waals surface area contributed by atoms with Crippen LogP contribution in [0.2, 0.25) is 5.02 Å². The molecule has 1 rings (SSSR count). The number of carbonyl (C=O) groups excluding carboxylic acids is 2. The van der Waals surface area contributed by atoms with Gasteiger partial charge in [0, 0.05) is 6.04 Å². The molecule has 0 unspecified atom stereocenters. The van der Waals surface area contributed by atoms with E-state index in [2.05, 4.69) is 15.8 Å². The predicted molar refractivity (Wildman–Crippen MR) is 94.8 cm³/mol. The first-order valence-electron chi connectivity index (χ1n) is 7.64.